The number of aliphatic hydroxyl groups excluding tert-OH is 1. The van der Waals surface area contributed by atoms with Crippen molar-refractivity contribution in [3.8, 4) is 0 Å². The van der Waals surface area contributed by atoms with Crippen LogP contribution in [0.2, 0.25) is 0 Å². The van der Waals surface area contributed by atoms with Gasteiger partial charge < -0.3 is 20.6 Å². The first-order chi connectivity index (χ1) is 11.6. The molecule has 0 atom stereocenters. The third-order valence-corrected chi connectivity index (χ3v) is 5.04. The lowest BCUT2D eigenvalue weighted by Gasteiger charge is -2.35. The van der Waals surface area contributed by atoms with Crippen LogP contribution in [0.3, 0.4) is 0 Å². The second kappa shape index (κ2) is 7.83. The third kappa shape index (κ3) is 4.38. The van der Waals surface area contributed by atoms with Gasteiger partial charge in [-0.1, -0.05) is 12.1 Å². The first kappa shape index (κ1) is 17.0. The molecular weight excluding hydrogens is 309 g/mol. The Morgan fingerprint density at radius 3 is 2.38 bits per heavy atom. The quantitative estimate of drug-likeness (QED) is 0.796. The first-order valence-corrected chi connectivity index (χ1v) is 8.86. The number of halogens is 1. The number of likely N-dealkylation sites (tertiary alicyclic amines) is 1. The molecule has 0 unspecified atom stereocenters. The minimum Gasteiger partial charge on any atom is -0.393 e. The normalized spacial score (nSPS) is 25.3. The van der Waals surface area contributed by atoms with Crippen LogP contribution in [0.5, 0.6) is 0 Å². The number of urea groups is 1. The highest BCUT2D eigenvalue weighted by molar-refractivity contribution is 5.74. The van der Waals surface area contributed by atoms with Crippen molar-refractivity contribution in [2.75, 3.05) is 18.4 Å². The molecule has 1 aromatic carbocycles. The van der Waals surface area contributed by atoms with Gasteiger partial charge in [-0.2, -0.15) is 0 Å². The van der Waals surface area contributed by atoms with E-state index in [1.165, 1.54) is 6.07 Å². The van der Waals surface area contributed by atoms with Crippen molar-refractivity contribution in [2.24, 2.45) is 0 Å². The van der Waals surface area contributed by atoms with Crippen LogP contribution in [0.4, 0.5) is 14.9 Å². The van der Waals surface area contributed by atoms with E-state index in [0.29, 0.717) is 18.8 Å². The van der Waals surface area contributed by atoms with Crippen LogP contribution in [0.1, 0.15) is 38.5 Å². The van der Waals surface area contributed by atoms with Gasteiger partial charge in [0.1, 0.15) is 5.82 Å². The molecule has 1 saturated heterocycles. The fraction of sp³-hybridized carbons (Fsp3) is 0.611. The molecule has 2 fully saturated rings. The lowest BCUT2D eigenvalue weighted by atomic mass is 9.93. The first-order valence-electron chi connectivity index (χ1n) is 8.86. The third-order valence-electron chi connectivity index (χ3n) is 5.04. The van der Waals surface area contributed by atoms with Gasteiger partial charge in [-0.3, -0.25) is 0 Å². The zero-order chi connectivity index (χ0) is 16.9. The topological polar surface area (TPSA) is 64.6 Å². The summed E-state index contributed by atoms with van der Waals surface area (Å²) in [5.74, 6) is -0.239. The van der Waals surface area contributed by atoms with Crippen LogP contribution < -0.4 is 10.6 Å². The van der Waals surface area contributed by atoms with Gasteiger partial charge in [-0.25, -0.2) is 9.18 Å². The van der Waals surface area contributed by atoms with E-state index in [-0.39, 0.29) is 30.0 Å². The lowest BCUT2D eigenvalue weighted by molar-refractivity contribution is 0.114. The Morgan fingerprint density at radius 1 is 1.04 bits per heavy atom. The molecule has 2 aliphatic rings. The smallest absolute Gasteiger partial charge is 0.317 e. The number of rotatable bonds is 3. The number of nitrogens with one attached hydrogen (secondary N) is 2. The molecule has 3 rings (SSSR count). The Hall–Kier alpha value is -1.82. The van der Waals surface area contributed by atoms with E-state index in [0.717, 1.165) is 38.5 Å². The highest BCUT2D eigenvalue weighted by Gasteiger charge is 2.26. The van der Waals surface area contributed by atoms with E-state index in [2.05, 4.69) is 10.6 Å². The minimum absolute atomic E-state index is 0.0132. The average molecular weight is 335 g/mol. The maximum Gasteiger partial charge on any atom is 0.317 e. The van der Waals surface area contributed by atoms with Gasteiger partial charge in [0.05, 0.1) is 11.8 Å². The number of nitrogens with zero attached hydrogens (tertiary/aromatic N) is 1. The van der Waals surface area contributed by atoms with E-state index in [9.17, 15) is 14.3 Å². The predicted octanol–water partition coefficient (Wildman–Crippen LogP) is 2.72. The molecule has 1 aliphatic heterocycles. The number of hydrogen-bond acceptors (Lipinski definition) is 3. The molecule has 0 spiro atoms. The summed E-state index contributed by atoms with van der Waals surface area (Å²) in [6.45, 7) is 1.35. The fourth-order valence-electron chi connectivity index (χ4n) is 3.51. The zero-order valence-corrected chi connectivity index (χ0v) is 13.9. The van der Waals surface area contributed by atoms with Gasteiger partial charge in [0.2, 0.25) is 0 Å². The summed E-state index contributed by atoms with van der Waals surface area (Å²) in [4.78, 5) is 14.2. The van der Waals surface area contributed by atoms with Crippen molar-refractivity contribution in [1.29, 1.82) is 0 Å². The number of hydrogen-bond donors (Lipinski definition) is 3. The van der Waals surface area contributed by atoms with E-state index < -0.39 is 0 Å². The van der Waals surface area contributed by atoms with Gasteiger partial charge in [0.15, 0.2) is 0 Å². The van der Waals surface area contributed by atoms with E-state index >= 15 is 0 Å². The Morgan fingerprint density at radius 2 is 1.71 bits per heavy atom. The predicted molar refractivity (Wildman–Crippen MR) is 91.4 cm³/mol. The number of amides is 2. The monoisotopic (exact) mass is 335 g/mol. The highest BCUT2D eigenvalue weighted by Crippen LogP contribution is 2.21. The highest BCUT2D eigenvalue weighted by atomic mass is 19.1. The van der Waals surface area contributed by atoms with E-state index in [1.54, 1.807) is 12.1 Å². The van der Waals surface area contributed by atoms with Crippen molar-refractivity contribution < 1.29 is 14.3 Å². The van der Waals surface area contributed by atoms with Gasteiger partial charge in [-0.05, 0) is 50.7 Å². The van der Waals surface area contributed by atoms with Gasteiger partial charge in [0.25, 0.3) is 0 Å². The Kier molecular flexibility index (Phi) is 5.56. The molecule has 1 heterocycles. The molecular formula is C18H26FN3O2. The van der Waals surface area contributed by atoms with Crippen LogP contribution >= 0.6 is 0 Å². The lowest BCUT2D eigenvalue weighted by Crippen LogP contribution is -2.50. The number of carbonyl (C=O) groups excluding carboxylic acids is 1. The standard InChI is InChI=1S/C18H26FN3O2/c19-16-3-1-2-4-17(16)20-14-9-11-22(12-10-14)18(24)21-13-5-7-15(23)8-6-13/h1-4,13-15,20,23H,5-12H2,(H,21,24). The summed E-state index contributed by atoms with van der Waals surface area (Å²) in [6, 6.07) is 7.04. The van der Waals surface area contributed by atoms with Crippen molar-refractivity contribution in [3.63, 3.8) is 0 Å². The molecule has 2 amide bonds. The number of piperidine rings is 1. The Bertz CT molecular complexity index is 553. The van der Waals surface area contributed by atoms with Gasteiger partial charge in [0, 0.05) is 25.2 Å². The molecule has 132 valence electrons. The summed E-state index contributed by atoms with van der Waals surface area (Å²) < 4.78 is 13.7. The van der Waals surface area contributed by atoms with Gasteiger partial charge in [-0.15, -0.1) is 0 Å². The van der Waals surface area contributed by atoms with Crippen LogP contribution in [-0.2, 0) is 0 Å². The molecule has 1 saturated carbocycles. The number of carbonyl (C=O) groups is 1. The molecule has 0 bridgehead atoms. The maximum atomic E-state index is 13.7. The van der Waals surface area contributed by atoms with Crippen molar-refractivity contribution >= 4 is 11.7 Å². The van der Waals surface area contributed by atoms with Crippen molar-refractivity contribution in [2.45, 2.75) is 56.7 Å². The van der Waals surface area contributed by atoms with Crippen LogP contribution in [0, 0.1) is 5.82 Å². The number of para-hydroxylation sites is 1. The second-order valence-corrected chi connectivity index (χ2v) is 6.84. The summed E-state index contributed by atoms with van der Waals surface area (Å²) in [6.07, 6.45) is 4.63. The number of aliphatic hydroxyl groups is 1. The SMILES string of the molecule is O=C(NC1CCC(O)CC1)N1CCC(Nc2ccccc2F)CC1. The zero-order valence-electron chi connectivity index (χ0n) is 13.9. The van der Waals surface area contributed by atoms with Crippen LogP contribution in [-0.4, -0.2) is 47.3 Å². The summed E-state index contributed by atoms with van der Waals surface area (Å²) in [7, 11) is 0. The summed E-state index contributed by atoms with van der Waals surface area (Å²) in [5.41, 5.74) is 0.529. The molecule has 0 radical (unpaired) electrons. The molecule has 0 aromatic heterocycles. The number of anilines is 1. The van der Waals surface area contributed by atoms with E-state index in [1.807, 2.05) is 11.0 Å². The minimum atomic E-state index is -0.239. The summed E-state index contributed by atoms with van der Waals surface area (Å²) in [5, 5.41) is 15.8. The average Bonchev–Trinajstić information content (AvgIpc) is 2.59. The Labute approximate surface area is 142 Å². The molecule has 5 nitrogen and oxygen atoms in total. The molecule has 24 heavy (non-hydrogen) atoms. The second-order valence-electron chi connectivity index (χ2n) is 6.84. The molecule has 1 aromatic rings. The van der Waals surface area contributed by atoms with Crippen LogP contribution in [0.15, 0.2) is 24.3 Å². The molecule has 3 N–H and O–H groups in total. The maximum absolute atomic E-state index is 13.7. The molecule has 6 heteroatoms. The van der Waals surface area contributed by atoms with Crippen LogP contribution in [0.25, 0.3) is 0 Å². The van der Waals surface area contributed by atoms with E-state index in [4.69, 9.17) is 0 Å². The molecule has 1 aliphatic carbocycles. The number of benzene rings is 1. The summed E-state index contributed by atoms with van der Waals surface area (Å²) >= 11 is 0. The fourth-order valence-corrected chi connectivity index (χ4v) is 3.51. The van der Waals surface area contributed by atoms with Crippen molar-refractivity contribution in [3.05, 3.63) is 30.1 Å². The largest absolute Gasteiger partial charge is 0.393 e. The van der Waals surface area contributed by atoms with Crippen molar-refractivity contribution in [1.82, 2.24) is 10.2 Å². The van der Waals surface area contributed by atoms with Gasteiger partial charge >= 0.3 is 6.03 Å². The Balaban J connectivity index is 1.43.